The van der Waals surface area contributed by atoms with E-state index < -0.39 is 36.1 Å². The number of benzene rings is 3. The normalized spacial score (nSPS) is 12.7. The van der Waals surface area contributed by atoms with Crippen LogP contribution in [0.2, 0.25) is 0 Å². The van der Waals surface area contributed by atoms with E-state index in [1.165, 1.54) is 76.6 Å². The second kappa shape index (κ2) is 20.6. The lowest BCUT2D eigenvalue weighted by atomic mass is 10.0. The Hall–Kier alpha value is -4.66. The number of carbonyl (C=O) groups excluding carboxylic acids is 4. The van der Waals surface area contributed by atoms with E-state index in [2.05, 4.69) is 6.92 Å². The van der Waals surface area contributed by atoms with Crippen LogP contribution in [0.1, 0.15) is 107 Å². The van der Waals surface area contributed by atoms with Gasteiger partial charge in [-0.1, -0.05) is 90.0 Å². The van der Waals surface area contributed by atoms with E-state index in [4.69, 9.17) is 23.7 Å². The topological polar surface area (TPSA) is 114 Å². The zero-order valence-corrected chi connectivity index (χ0v) is 29.4. The summed E-state index contributed by atoms with van der Waals surface area (Å²) in [6, 6.07) is 20.8. The lowest BCUT2D eigenvalue weighted by molar-refractivity contribution is -0.172. The molecule has 3 aromatic rings. The molecule has 0 heterocycles. The summed E-state index contributed by atoms with van der Waals surface area (Å²) in [5.41, 5.74) is 2.46. The van der Waals surface area contributed by atoms with Gasteiger partial charge in [0.1, 0.15) is 11.5 Å². The predicted octanol–water partition coefficient (Wildman–Crippen LogP) is 8.77. The number of carbonyl (C=O) groups is 4. The van der Waals surface area contributed by atoms with Gasteiger partial charge in [0.15, 0.2) is 12.2 Å². The van der Waals surface area contributed by atoms with Crippen LogP contribution in [-0.2, 0) is 23.8 Å². The molecule has 0 bridgehead atoms. The van der Waals surface area contributed by atoms with E-state index in [0.717, 1.165) is 29.7 Å². The van der Waals surface area contributed by atoms with Crippen LogP contribution in [0.4, 0.5) is 0 Å². The Morgan fingerprint density at radius 2 is 1.08 bits per heavy atom. The highest BCUT2D eigenvalue weighted by molar-refractivity contribution is 5.93. The first-order chi connectivity index (χ1) is 23.6. The first kappa shape index (κ1) is 38.8. The molecule has 49 heavy (non-hydrogen) atoms. The molecule has 264 valence electrons. The predicted molar refractivity (Wildman–Crippen MR) is 188 cm³/mol. The lowest BCUT2D eigenvalue weighted by Crippen LogP contribution is -2.33. The molecule has 9 heteroatoms. The van der Waals surface area contributed by atoms with Crippen molar-refractivity contribution < 1.29 is 42.9 Å². The molecule has 3 aromatic carbocycles. The summed E-state index contributed by atoms with van der Waals surface area (Å²) in [6.45, 7) is 9.83. The molecule has 0 aliphatic heterocycles. The van der Waals surface area contributed by atoms with Crippen LogP contribution in [0.25, 0.3) is 11.1 Å². The highest BCUT2D eigenvalue weighted by Gasteiger charge is 2.26. The SMILES string of the molecule is CCCCCCCCCOc1ccc(-c2ccc(C(=O)Oc3ccc(C(=O)OC(C)C(=O)OC(C)C(=O)OCC(C)CC)cc3)cc2)cc1. The summed E-state index contributed by atoms with van der Waals surface area (Å²) in [6.07, 6.45) is 7.15. The van der Waals surface area contributed by atoms with Gasteiger partial charge < -0.3 is 23.7 Å². The quantitative estimate of drug-likeness (QED) is 0.0502. The average molecular weight is 675 g/mol. The molecule has 3 atom stereocenters. The molecule has 3 unspecified atom stereocenters. The van der Waals surface area contributed by atoms with Crippen LogP contribution >= 0.6 is 0 Å². The van der Waals surface area contributed by atoms with Crippen LogP contribution in [0.3, 0.4) is 0 Å². The minimum atomic E-state index is -1.26. The summed E-state index contributed by atoms with van der Waals surface area (Å²) in [5.74, 6) is -1.62. The van der Waals surface area contributed by atoms with Crippen LogP contribution in [-0.4, -0.2) is 49.3 Å². The zero-order valence-electron chi connectivity index (χ0n) is 29.4. The third-order valence-electron chi connectivity index (χ3n) is 8.07. The number of rotatable bonds is 20. The van der Waals surface area contributed by atoms with Crippen molar-refractivity contribution in [3.63, 3.8) is 0 Å². The van der Waals surface area contributed by atoms with Gasteiger partial charge in [-0.05, 0) is 85.8 Å². The van der Waals surface area contributed by atoms with E-state index in [0.29, 0.717) is 12.2 Å². The van der Waals surface area contributed by atoms with Gasteiger partial charge in [0.05, 0.1) is 24.3 Å². The number of esters is 4. The summed E-state index contributed by atoms with van der Waals surface area (Å²) >= 11 is 0. The van der Waals surface area contributed by atoms with Gasteiger partial charge in [-0.25, -0.2) is 19.2 Å². The zero-order chi connectivity index (χ0) is 35.6. The first-order valence-corrected chi connectivity index (χ1v) is 17.3. The van der Waals surface area contributed by atoms with Crippen LogP contribution in [0, 0.1) is 5.92 Å². The first-order valence-electron chi connectivity index (χ1n) is 17.3. The molecule has 0 spiro atoms. The van der Waals surface area contributed by atoms with E-state index in [-0.39, 0.29) is 23.8 Å². The van der Waals surface area contributed by atoms with Crippen molar-refractivity contribution in [2.75, 3.05) is 13.2 Å². The Kier molecular flexibility index (Phi) is 16.3. The molecule has 0 radical (unpaired) electrons. The molecule has 0 aliphatic rings. The molecule has 0 aromatic heterocycles. The Balaban J connectivity index is 1.43. The highest BCUT2D eigenvalue weighted by atomic mass is 16.6. The molecule has 0 aliphatic carbocycles. The molecule has 0 saturated carbocycles. The second-order valence-corrected chi connectivity index (χ2v) is 12.3. The van der Waals surface area contributed by atoms with Gasteiger partial charge in [-0.3, -0.25) is 0 Å². The van der Waals surface area contributed by atoms with Gasteiger partial charge in [0.25, 0.3) is 0 Å². The van der Waals surface area contributed by atoms with Gasteiger partial charge in [0.2, 0.25) is 0 Å². The van der Waals surface area contributed by atoms with Crippen LogP contribution < -0.4 is 9.47 Å². The van der Waals surface area contributed by atoms with Gasteiger partial charge in [-0.2, -0.15) is 0 Å². The fourth-order valence-electron chi connectivity index (χ4n) is 4.67. The Bertz CT molecular complexity index is 1460. The van der Waals surface area contributed by atoms with E-state index >= 15 is 0 Å². The van der Waals surface area contributed by atoms with Crippen molar-refractivity contribution in [3.05, 3.63) is 83.9 Å². The Morgan fingerprint density at radius 1 is 0.571 bits per heavy atom. The highest BCUT2D eigenvalue weighted by Crippen LogP contribution is 2.24. The van der Waals surface area contributed by atoms with Crippen molar-refractivity contribution in [1.82, 2.24) is 0 Å². The monoisotopic (exact) mass is 674 g/mol. The fourth-order valence-corrected chi connectivity index (χ4v) is 4.67. The number of unbranched alkanes of at least 4 members (excludes halogenated alkanes) is 6. The summed E-state index contributed by atoms with van der Waals surface area (Å²) in [5, 5.41) is 0. The van der Waals surface area contributed by atoms with E-state index in [9.17, 15) is 19.2 Å². The van der Waals surface area contributed by atoms with E-state index in [1.54, 1.807) is 12.1 Å². The van der Waals surface area contributed by atoms with Crippen molar-refractivity contribution in [2.45, 2.75) is 98.2 Å². The summed E-state index contributed by atoms with van der Waals surface area (Å²) in [7, 11) is 0. The minimum absolute atomic E-state index is 0.138. The largest absolute Gasteiger partial charge is 0.494 e. The van der Waals surface area contributed by atoms with E-state index in [1.807, 2.05) is 50.2 Å². The average Bonchev–Trinajstić information content (AvgIpc) is 3.12. The molecule has 0 fully saturated rings. The number of hydrogen-bond acceptors (Lipinski definition) is 9. The van der Waals surface area contributed by atoms with Crippen molar-refractivity contribution in [3.8, 4) is 22.6 Å². The molecular formula is C40H50O9. The minimum Gasteiger partial charge on any atom is -0.494 e. The van der Waals surface area contributed by atoms with Crippen LogP contribution in [0.15, 0.2) is 72.8 Å². The van der Waals surface area contributed by atoms with Gasteiger partial charge >= 0.3 is 23.9 Å². The molecular weight excluding hydrogens is 624 g/mol. The molecule has 0 amide bonds. The maximum Gasteiger partial charge on any atom is 0.348 e. The third kappa shape index (κ3) is 13.4. The third-order valence-corrected chi connectivity index (χ3v) is 8.07. The van der Waals surface area contributed by atoms with Crippen molar-refractivity contribution >= 4 is 23.9 Å². The smallest absolute Gasteiger partial charge is 0.348 e. The Morgan fingerprint density at radius 3 is 1.69 bits per heavy atom. The molecule has 0 N–H and O–H groups in total. The maximum atomic E-state index is 12.8. The molecule has 0 saturated heterocycles. The summed E-state index contributed by atoms with van der Waals surface area (Å²) < 4.78 is 26.8. The summed E-state index contributed by atoms with van der Waals surface area (Å²) in [4.78, 5) is 49.8. The van der Waals surface area contributed by atoms with Crippen LogP contribution in [0.5, 0.6) is 11.5 Å². The van der Waals surface area contributed by atoms with Gasteiger partial charge in [-0.15, -0.1) is 0 Å². The standard InChI is InChI=1S/C40H50O9/c1-6-8-9-10-11-12-13-26-45-35-22-18-32(19-23-35)31-14-16-33(17-15-31)40(44)49-36-24-20-34(21-25-36)39(43)48-30(5)38(42)47-29(4)37(41)46-27-28(3)7-2/h14-25,28-30H,6-13,26-27H2,1-5H3. The number of hydrogen-bond donors (Lipinski definition) is 0. The second-order valence-electron chi connectivity index (χ2n) is 12.3. The van der Waals surface area contributed by atoms with Crippen molar-refractivity contribution in [2.24, 2.45) is 5.92 Å². The lowest BCUT2D eigenvalue weighted by Gasteiger charge is -2.17. The molecule has 9 nitrogen and oxygen atoms in total. The fraction of sp³-hybridized carbons (Fsp3) is 0.450. The maximum absolute atomic E-state index is 12.8. The molecule has 3 rings (SSSR count). The van der Waals surface area contributed by atoms with Crippen molar-refractivity contribution in [1.29, 1.82) is 0 Å². The number of ether oxygens (including phenoxy) is 5. The Labute approximate surface area is 290 Å². The van der Waals surface area contributed by atoms with Gasteiger partial charge in [0, 0.05) is 0 Å².